The van der Waals surface area contributed by atoms with E-state index in [4.69, 9.17) is 9.47 Å². The molecule has 0 radical (unpaired) electrons. The van der Waals surface area contributed by atoms with Crippen LogP contribution in [0.25, 0.3) is 0 Å². The topological polar surface area (TPSA) is 39.5 Å². The smallest absolute Gasteiger partial charge is 0.119 e. The molecule has 1 aromatic heterocycles. The standard InChI is InChI=1S/C18H25N3O2/c1-15-7-12-21(19-15)14-13-20-10-8-18(9-11-20)23-17-5-3-16(22-2)4-6-17/h3-7,12,18H,8-11,13-14H2,1-2H3. The van der Waals surface area contributed by atoms with Gasteiger partial charge >= 0.3 is 0 Å². The Morgan fingerprint density at radius 2 is 1.74 bits per heavy atom. The van der Waals surface area contributed by atoms with E-state index in [9.17, 15) is 0 Å². The molecule has 0 amide bonds. The lowest BCUT2D eigenvalue weighted by atomic mass is 10.1. The fourth-order valence-electron chi connectivity index (χ4n) is 2.93. The molecule has 0 spiro atoms. The number of aromatic nitrogens is 2. The fourth-order valence-corrected chi connectivity index (χ4v) is 2.93. The minimum atomic E-state index is 0.312. The van der Waals surface area contributed by atoms with E-state index in [0.717, 1.165) is 56.2 Å². The molecule has 3 rings (SSSR count). The van der Waals surface area contributed by atoms with Crippen molar-refractivity contribution < 1.29 is 9.47 Å². The lowest BCUT2D eigenvalue weighted by molar-refractivity contribution is 0.0979. The molecule has 1 aliphatic heterocycles. The molecule has 2 heterocycles. The molecule has 0 aliphatic carbocycles. The first kappa shape index (κ1) is 15.9. The maximum atomic E-state index is 6.07. The Kier molecular flexibility index (Phi) is 5.18. The molecule has 2 aromatic rings. The van der Waals surface area contributed by atoms with Crippen LogP contribution in [0.1, 0.15) is 18.5 Å². The van der Waals surface area contributed by atoms with Crippen LogP contribution in [-0.2, 0) is 6.54 Å². The van der Waals surface area contributed by atoms with E-state index in [1.807, 2.05) is 35.9 Å². The number of piperidine rings is 1. The predicted molar refractivity (Wildman–Crippen MR) is 90.0 cm³/mol. The molecule has 0 N–H and O–H groups in total. The first-order valence-corrected chi connectivity index (χ1v) is 8.26. The van der Waals surface area contributed by atoms with Crippen molar-refractivity contribution in [2.24, 2.45) is 0 Å². The number of rotatable bonds is 6. The van der Waals surface area contributed by atoms with Gasteiger partial charge in [0.05, 0.1) is 19.3 Å². The van der Waals surface area contributed by atoms with Crippen molar-refractivity contribution in [3.8, 4) is 11.5 Å². The molecular weight excluding hydrogens is 290 g/mol. The van der Waals surface area contributed by atoms with Crippen LogP contribution in [0.2, 0.25) is 0 Å². The summed E-state index contributed by atoms with van der Waals surface area (Å²) in [7, 11) is 1.68. The van der Waals surface area contributed by atoms with Crippen LogP contribution in [0.15, 0.2) is 36.5 Å². The average Bonchev–Trinajstić information content (AvgIpc) is 3.00. The summed E-state index contributed by atoms with van der Waals surface area (Å²) in [6, 6.07) is 9.89. The van der Waals surface area contributed by atoms with E-state index in [2.05, 4.69) is 22.3 Å². The minimum Gasteiger partial charge on any atom is -0.497 e. The third kappa shape index (κ3) is 4.48. The van der Waals surface area contributed by atoms with Crippen LogP contribution in [0.3, 0.4) is 0 Å². The summed E-state index contributed by atoms with van der Waals surface area (Å²) >= 11 is 0. The monoisotopic (exact) mass is 315 g/mol. The molecule has 0 unspecified atom stereocenters. The average molecular weight is 315 g/mol. The molecule has 5 heteroatoms. The Hall–Kier alpha value is -2.01. The number of hydrogen-bond donors (Lipinski definition) is 0. The number of methoxy groups -OCH3 is 1. The van der Waals surface area contributed by atoms with Gasteiger partial charge in [0.25, 0.3) is 0 Å². The van der Waals surface area contributed by atoms with Crippen molar-refractivity contribution in [3.05, 3.63) is 42.2 Å². The van der Waals surface area contributed by atoms with E-state index >= 15 is 0 Å². The van der Waals surface area contributed by atoms with Gasteiger partial charge in [0, 0.05) is 25.8 Å². The van der Waals surface area contributed by atoms with Crippen LogP contribution < -0.4 is 9.47 Å². The quantitative estimate of drug-likeness (QED) is 0.822. The number of ether oxygens (including phenoxy) is 2. The SMILES string of the molecule is COc1ccc(OC2CCN(CCn3ccc(C)n3)CC2)cc1. The van der Waals surface area contributed by atoms with Gasteiger partial charge in [-0.3, -0.25) is 4.68 Å². The number of likely N-dealkylation sites (tertiary alicyclic amines) is 1. The molecule has 0 atom stereocenters. The first-order valence-electron chi connectivity index (χ1n) is 8.26. The summed E-state index contributed by atoms with van der Waals surface area (Å²) < 4.78 is 13.3. The summed E-state index contributed by atoms with van der Waals surface area (Å²) in [6.07, 6.45) is 4.51. The van der Waals surface area contributed by atoms with Crippen molar-refractivity contribution in [2.75, 3.05) is 26.7 Å². The Labute approximate surface area is 137 Å². The second-order valence-electron chi connectivity index (χ2n) is 6.05. The zero-order chi connectivity index (χ0) is 16.1. The zero-order valence-electron chi connectivity index (χ0n) is 13.9. The zero-order valence-corrected chi connectivity index (χ0v) is 13.9. The van der Waals surface area contributed by atoms with Gasteiger partial charge < -0.3 is 14.4 Å². The van der Waals surface area contributed by atoms with E-state index in [1.165, 1.54) is 0 Å². The van der Waals surface area contributed by atoms with Gasteiger partial charge in [0.1, 0.15) is 17.6 Å². The summed E-state index contributed by atoms with van der Waals surface area (Å²) in [5.74, 6) is 1.79. The van der Waals surface area contributed by atoms with Gasteiger partial charge in [0.2, 0.25) is 0 Å². The van der Waals surface area contributed by atoms with Gasteiger partial charge in [-0.2, -0.15) is 5.10 Å². The van der Waals surface area contributed by atoms with E-state index < -0.39 is 0 Å². The predicted octanol–water partition coefficient (Wildman–Crippen LogP) is 2.74. The van der Waals surface area contributed by atoms with Crippen LogP contribution in [-0.4, -0.2) is 47.5 Å². The Morgan fingerprint density at radius 1 is 1.04 bits per heavy atom. The number of nitrogens with zero attached hydrogens (tertiary/aromatic N) is 3. The highest BCUT2D eigenvalue weighted by atomic mass is 16.5. The second-order valence-corrected chi connectivity index (χ2v) is 6.05. The molecule has 1 fully saturated rings. The molecule has 1 aromatic carbocycles. The summed E-state index contributed by atoms with van der Waals surface area (Å²) in [4.78, 5) is 2.49. The van der Waals surface area contributed by atoms with Gasteiger partial charge in [0.15, 0.2) is 0 Å². The molecule has 124 valence electrons. The third-order valence-electron chi connectivity index (χ3n) is 4.32. The highest BCUT2D eigenvalue weighted by Gasteiger charge is 2.20. The molecule has 0 bridgehead atoms. The normalized spacial score (nSPS) is 16.4. The Balaban J connectivity index is 1.41. The van der Waals surface area contributed by atoms with E-state index in [-0.39, 0.29) is 0 Å². The molecule has 1 aliphatic rings. The maximum absolute atomic E-state index is 6.07. The maximum Gasteiger partial charge on any atom is 0.119 e. The largest absolute Gasteiger partial charge is 0.497 e. The molecule has 0 saturated carbocycles. The number of aryl methyl sites for hydroxylation is 1. The second kappa shape index (κ2) is 7.51. The van der Waals surface area contributed by atoms with Crippen molar-refractivity contribution in [2.45, 2.75) is 32.4 Å². The highest BCUT2D eigenvalue weighted by Crippen LogP contribution is 2.21. The molecule has 5 nitrogen and oxygen atoms in total. The highest BCUT2D eigenvalue weighted by molar-refractivity contribution is 5.31. The lowest BCUT2D eigenvalue weighted by Crippen LogP contribution is -2.39. The number of hydrogen-bond acceptors (Lipinski definition) is 4. The summed E-state index contributed by atoms with van der Waals surface area (Å²) in [5.41, 5.74) is 1.08. The van der Waals surface area contributed by atoms with Gasteiger partial charge in [-0.1, -0.05) is 0 Å². The summed E-state index contributed by atoms with van der Waals surface area (Å²) in [6.45, 7) is 6.20. The lowest BCUT2D eigenvalue weighted by Gasteiger charge is -2.32. The third-order valence-corrected chi connectivity index (χ3v) is 4.32. The molecule has 23 heavy (non-hydrogen) atoms. The van der Waals surface area contributed by atoms with Crippen molar-refractivity contribution >= 4 is 0 Å². The summed E-state index contributed by atoms with van der Waals surface area (Å²) in [5, 5.41) is 4.44. The molecular formula is C18H25N3O2. The van der Waals surface area contributed by atoms with Crippen molar-refractivity contribution in [3.63, 3.8) is 0 Å². The Morgan fingerprint density at radius 3 is 2.35 bits per heavy atom. The van der Waals surface area contributed by atoms with Gasteiger partial charge in [-0.25, -0.2) is 0 Å². The van der Waals surface area contributed by atoms with Crippen molar-refractivity contribution in [1.82, 2.24) is 14.7 Å². The van der Waals surface area contributed by atoms with Crippen LogP contribution >= 0.6 is 0 Å². The van der Waals surface area contributed by atoms with Crippen LogP contribution in [0, 0.1) is 6.92 Å². The molecule has 1 saturated heterocycles. The van der Waals surface area contributed by atoms with Crippen molar-refractivity contribution in [1.29, 1.82) is 0 Å². The van der Waals surface area contributed by atoms with Crippen LogP contribution in [0.5, 0.6) is 11.5 Å². The first-order chi connectivity index (χ1) is 11.2. The van der Waals surface area contributed by atoms with E-state index in [1.54, 1.807) is 7.11 Å². The Bertz CT molecular complexity index is 601. The van der Waals surface area contributed by atoms with Crippen LogP contribution in [0.4, 0.5) is 0 Å². The fraction of sp³-hybridized carbons (Fsp3) is 0.500. The van der Waals surface area contributed by atoms with Gasteiger partial charge in [-0.05, 0) is 50.1 Å². The number of benzene rings is 1. The van der Waals surface area contributed by atoms with E-state index in [0.29, 0.717) is 6.10 Å². The minimum absolute atomic E-state index is 0.312. The van der Waals surface area contributed by atoms with Gasteiger partial charge in [-0.15, -0.1) is 0 Å².